The van der Waals surface area contributed by atoms with Crippen LogP contribution in [0.1, 0.15) is 36.2 Å². The maximum Gasteiger partial charge on any atom is 0.264 e. The molecule has 6 aromatic rings. The summed E-state index contributed by atoms with van der Waals surface area (Å²) in [5.41, 5.74) is 7.49. The number of nitrogens with zero attached hydrogens (tertiary/aromatic N) is 2. The van der Waals surface area contributed by atoms with Gasteiger partial charge in [0.2, 0.25) is 0 Å². The number of aromatic nitrogens is 2. The third-order valence-electron chi connectivity index (χ3n) is 7.19. The van der Waals surface area contributed by atoms with E-state index in [9.17, 15) is 4.79 Å². The van der Waals surface area contributed by atoms with Gasteiger partial charge in [0.25, 0.3) is 5.56 Å². The van der Waals surface area contributed by atoms with Crippen molar-refractivity contribution in [2.75, 3.05) is 0 Å². The Hall–Kier alpha value is -4.24. The molecule has 0 spiro atoms. The Morgan fingerprint density at radius 1 is 0.765 bits per heavy atom. The molecule has 162 valence electrons. The fraction of sp³-hybridized carbons (Fsp3) is 0.0968. The van der Waals surface area contributed by atoms with Crippen LogP contribution in [0, 0.1) is 0 Å². The smallest absolute Gasteiger partial charge is 0.264 e. The molecule has 1 aliphatic rings. The Kier molecular flexibility index (Phi) is 4.04. The predicted molar refractivity (Wildman–Crippen MR) is 140 cm³/mol. The number of hydrogen-bond donors (Lipinski definition) is 0. The molecular weight excluding hydrogens is 416 g/mol. The lowest BCUT2D eigenvalue weighted by molar-refractivity contribution is 0.736. The second-order valence-corrected chi connectivity index (χ2v) is 9.24. The molecule has 0 bridgehead atoms. The molecule has 0 amide bonds. The first-order valence-corrected chi connectivity index (χ1v) is 11.8. The molecule has 0 fully saturated rings. The summed E-state index contributed by atoms with van der Waals surface area (Å²) >= 11 is 0. The summed E-state index contributed by atoms with van der Waals surface area (Å²) in [6.45, 7) is 2.20. The molecule has 0 radical (unpaired) electrons. The van der Waals surface area contributed by atoms with E-state index in [-0.39, 0.29) is 11.5 Å². The number of allylic oxidation sites excluding steroid dienone is 1. The summed E-state index contributed by atoms with van der Waals surface area (Å²) in [6, 6.07) is 31.2. The van der Waals surface area contributed by atoms with Gasteiger partial charge in [0.15, 0.2) is 0 Å². The van der Waals surface area contributed by atoms with Crippen molar-refractivity contribution in [3.63, 3.8) is 0 Å². The molecule has 4 aromatic carbocycles. The van der Waals surface area contributed by atoms with Gasteiger partial charge in [0.1, 0.15) is 5.65 Å². The lowest BCUT2D eigenvalue weighted by atomic mass is 9.87. The van der Waals surface area contributed by atoms with Crippen LogP contribution in [0.2, 0.25) is 0 Å². The summed E-state index contributed by atoms with van der Waals surface area (Å²) in [4.78, 5) is 18.9. The van der Waals surface area contributed by atoms with Crippen LogP contribution < -0.4 is 5.56 Å². The van der Waals surface area contributed by atoms with Gasteiger partial charge in [-0.2, -0.15) is 0 Å². The van der Waals surface area contributed by atoms with E-state index in [4.69, 9.17) is 4.98 Å². The van der Waals surface area contributed by atoms with Crippen molar-refractivity contribution in [2.24, 2.45) is 0 Å². The van der Waals surface area contributed by atoms with E-state index in [0.29, 0.717) is 0 Å². The van der Waals surface area contributed by atoms with Crippen molar-refractivity contribution in [3.8, 4) is 11.1 Å². The highest BCUT2D eigenvalue weighted by atomic mass is 16.1. The Bertz CT molecular complexity index is 1800. The topological polar surface area (TPSA) is 34.4 Å². The molecular formula is C31H22N2O. The molecule has 0 aliphatic heterocycles. The summed E-state index contributed by atoms with van der Waals surface area (Å²) in [6.07, 6.45) is 3.06. The van der Waals surface area contributed by atoms with Gasteiger partial charge >= 0.3 is 0 Å². The SMILES string of the molecule is CC1CC(c2ccccc2)=Cc2nc3c4ccc(-c5ccccc5)c5cccc(c(=O)n3c21)c54. The first kappa shape index (κ1) is 19.2. The fourth-order valence-corrected chi connectivity index (χ4v) is 5.68. The lowest BCUT2D eigenvalue weighted by Crippen LogP contribution is -2.18. The third kappa shape index (κ3) is 2.64. The Balaban J connectivity index is 1.57. The van der Waals surface area contributed by atoms with E-state index in [0.717, 1.165) is 56.1 Å². The number of hydrogen-bond acceptors (Lipinski definition) is 2. The molecule has 7 rings (SSSR count). The highest BCUT2D eigenvalue weighted by Crippen LogP contribution is 2.40. The number of fused-ring (bicyclic) bond motifs is 4. The van der Waals surface area contributed by atoms with Gasteiger partial charge in [0.05, 0.1) is 11.4 Å². The molecule has 1 aliphatic carbocycles. The normalized spacial score (nSPS) is 15.7. The number of rotatable bonds is 2. The van der Waals surface area contributed by atoms with Gasteiger partial charge in [-0.3, -0.25) is 9.20 Å². The van der Waals surface area contributed by atoms with Gasteiger partial charge < -0.3 is 0 Å². The van der Waals surface area contributed by atoms with E-state index in [1.165, 1.54) is 11.1 Å². The van der Waals surface area contributed by atoms with Crippen molar-refractivity contribution in [3.05, 3.63) is 118 Å². The highest BCUT2D eigenvalue weighted by Gasteiger charge is 2.27. The van der Waals surface area contributed by atoms with Crippen molar-refractivity contribution >= 4 is 38.8 Å². The molecule has 2 aromatic heterocycles. The van der Waals surface area contributed by atoms with Crippen LogP contribution in [0.15, 0.2) is 95.8 Å². The predicted octanol–water partition coefficient (Wildman–Crippen LogP) is 7.15. The van der Waals surface area contributed by atoms with E-state index in [2.05, 4.69) is 79.7 Å². The maximum atomic E-state index is 13.9. The van der Waals surface area contributed by atoms with E-state index in [1.807, 2.05) is 28.7 Å². The van der Waals surface area contributed by atoms with Gasteiger partial charge in [0, 0.05) is 22.1 Å². The summed E-state index contributed by atoms with van der Waals surface area (Å²) in [7, 11) is 0. The Labute approximate surface area is 197 Å². The zero-order valence-electron chi connectivity index (χ0n) is 18.8. The molecule has 0 N–H and O–H groups in total. The molecule has 3 nitrogen and oxygen atoms in total. The monoisotopic (exact) mass is 438 g/mol. The number of benzene rings is 4. The van der Waals surface area contributed by atoms with Crippen molar-refractivity contribution < 1.29 is 0 Å². The Morgan fingerprint density at radius 3 is 2.24 bits per heavy atom. The largest absolute Gasteiger partial charge is 0.268 e. The van der Waals surface area contributed by atoms with Crippen molar-refractivity contribution in [1.29, 1.82) is 0 Å². The fourth-order valence-electron chi connectivity index (χ4n) is 5.68. The van der Waals surface area contributed by atoms with Crippen LogP contribution >= 0.6 is 0 Å². The van der Waals surface area contributed by atoms with Gasteiger partial charge in [-0.05, 0) is 52.3 Å². The Morgan fingerprint density at radius 2 is 1.47 bits per heavy atom. The molecule has 0 saturated carbocycles. The molecule has 0 saturated heterocycles. The van der Waals surface area contributed by atoms with E-state index < -0.39 is 0 Å². The minimum atomic E-state index is 0.0236. The molecule has 3 heteroatoms. The van der Waals surface area contributed by atoms with E-state index >= 15 is 0 Å². The molecule has 1 unspecified atom stereocenters. The second-order valence-electron chi connectivity index (χ2n) is 9.24. The average Bonchev–Trinajstić information content (AvgIpc) is 3.28. The second kappa shape index (κ2) is 7.13. The van der Waals surface area contributed by atoms with Crippen LogP contribution in [-0.2, 0) is 0 Å². The number of pyridine rings is 1. The minimum Gasteiger partial charge on any atom is -0.268 e. The van der Waals surface area contributed by atoms with Gasteiger partial charge in [-0.1, -0.05) is 85.8 Å². The molecule has 1 atom stereocenters. The number of imidazole rings is 1. The van der Waals surface area contributed by atoms with Crippen LogP contribution in [0.4, 0.5) is 0 Å². The summed E-state index contributed by atoms with van der Waals surface area (Å²) in [5, 5.41) is 3.88. The maximum absolute atomic E-state index is 13.9. The van der Waals surface area contributed by atoms with Crippen LogP contribution in [0.3, 0.4) is 0 Å². The van der Waals surface area contributed by atoms with Crippen LogP contribution in [0.25, 0.3) is 50.0 Å². The zero-order valence-corrected chi connectivity index (χ0v) is 18.8. The standard InChI is InChI=1S/C31H22N2O/c1-19-17-22(20-9-4-2-5-10-20)18-27-29(19)33-30(32-27)25-16-15-23(21-11-6-3-7-12-21)24-13-8-14-26(28(24)25)31(33)34/h2-16,18-19H,17H2,1H3. The van der Waals surface area contributed by atoms with Gasteiger partial charge in [-0.15, -0.1) is 0 Å². The average molecular weight is 439 g/mol. The van der Waals surface area contributed by atoms with E-state index in [1.54, 1.807) is 0 Å². The highest BCUT2D eigenvalue weighted by molar-refractivity contribution is 6.18. The third-order valence-corrected chi connectivity index (χ3v) is 7.19. The first-order valence-electron chi connectivity index (χ1n) is 11.8. The van der Waals surface area contributed by atoms with Gasteiger partial charge in [-0.25, -0.2) is 4.98 Å². The van der Waals surface area contributed by atoms with Crippen molar-refractivity contribution in [1.82, 2.24) is 9.38 Å². The molecule has 2 heterocycles. The first-order chi connectivity index (χ1) is 16.7. The van der Waals surface area contributed by atoms with Crippen LogP contribution in [0.5, 0.6) is 0 Å². The zero-order chi connectivity index (χ0) is 22.8. The molecule has 34 heavy (non-hydrogen) atoms. The summed E-state index contributed by atoms with van der Waals surface area (Å²) in [5.74, 6) is 0.199. The minimum absolute atomic E-state index is 0.0236. The lowest BCUT2D eigenvalue weighted by Gasteiger charge is -2.20. The summed E-state index contributed by atoms with van der Waals surface area (Å²) < 4.78 is 1.87. The van der Waals surface area contributed by atoms with Crippen molar-refractivity contribution in [2.45, 2.75) is 19.3 Å². The quantitative estimate of drug-likeness (QED) is 0.288. The van der Waals surface area contributed by atoms with Crippen LogP contribution in [-0.4, -0.2) is 9.38 Å².